The number of hydrogen-bond acceptors (Lipinski definition) is 2. The number of hydrogen-bond donors (Lipinski definition) is 0. The maximum atomic E-state index is 12.7. The molecule has 0 radical (unpaired) electrons. The van der Waals surface area contributed by atoms with Crippen LogP contribution in [0.3, 0.4) is 0 Å². The molecule has 15 heavy (non-hydrogen) atoms. The highest BCUT2D eigenvalue weighted by atomic mass is 35.5. The third kappa shape index (κ3) is 2.13. The summed E-state index contributed by atoms with van der Waals surface area (Å²) in [4.78, 5) is 0. The van der Waals surface area contributed by atoms with Crippen LogP contribution in [0.1, 0.15) is 5.69 Å². The molecule has 2 rings (SSSR count). The summed E-state index contributed by atoms with van der Waals surface area (Å²) in [6.07, 6.45) is 0. The minimum Gasteiger partial charge on any atom is -0.207 e. The highest BCUT2D eigenvalue weighted by Gasteiger charge is 2.04. The molecule has 0 atom stereocenters. The Labute approximate surface area is 91.7 Å². The van der Waals surface area contributed by atoms with Crippen LogP contribution >= 0.6 is 11.6 Å². The summed E-state index contributed by atoms with van der Waals surface area (Å²) in [6, 6.07) is 7.91. The molecule has 2 aromatic rings. The van der Waals surface area contributed by atoms with Crippen LogP contribution in [-0.4, -0.2) is 10.2 Å². The van der Waals surface area contributed by atoms with E-state index < -0.39 is 0 Å². The van der Waals surface area contributed by atoms with Gasteiger partial charge in [0.05, 0.1) is 5.69 Å². The van der Waals surface area contributed by atoms with Gasteiger partial charge in [-0.1, -0.05) is 23.7 Å². The lowest BCUT2D eigenvalue weighted by atomic mass is 10.1. The topological polar surface area (TPSA) is 25.8 Å². The molecule has 0 bridgehead atoms. The molecule has 76 valence electrons. The summed E-state index contributed by atoms with van der Waals surface area (Å²) in [7, 11) is 0. The van der Waals surface area contributed by atoms with E-state index >= 15 is 0 Å². The number of benzene rings is 1. The first-order valence-electron chi connectivity index (χ1n) is 4.42. The molecular weight excluding hydrogens is 215 g/mol. The van der Waals surface area contributed by atoms with Crippen LogP contribution in [0.5, 0.6) is 0 Å². The van der Waals surface area contributed by atoms with Crippen LogP contribution in [0.25, 0.3) is 11.1 Å². The van der Waals surface area contributed by atoms with Crippen molar-refractivity contribution in [3.05, 3.63) is 47.0 Å². The zero-order chi connectivity index (χ0) is 10.8. The van der Waals surface area contributed by atoms with Crippen LogP contribution in [0.4, 0.5) is 4.39 Å². The Balaban J connectivity index is 2.53. The van der Waals surface area contributed by atoms with Gasteiger partial charge in [0, 0.05) is 5.56 Å². The quantitative estimate of drug-likeness (QED) is 0.740. The zero-order valence-electron chi connectivity index (χ0n) is 8.04. The second kappa shape index (κ2) is 3.95. The van der Waals surface area contributed by atoms with Crippen molar-refractivity contribution in [2.45, 2.75) is 6.92 Å². The van der Waals surface area contributed by atoms with Gasteiger partial charge in [-0.05, 0) is 30.7 Å². The van der Waals surface area contributed by atoms with E-state index in [2.05, 4.69) is 10.2 Å². The number of halogens is 2. The highest BCUT2D eigenvalue weighted by molar-refractivity contribution is 6.29. The maximum absolute atomic E-state index is 12.7. The number of nitrogens with zero attached hydrogens (tertiary/aromatic N) is 2. The predicted octanol–water partition coefficient (Wildman–Crippen LogP) is 3.24. The third-order valence-electron chi connectivity index (χ3n) is 2.10. The lowest BCUT2D eigenvalue weighted by molar-refractivity contribution is 0.628. The Morgan fingerprint density at radius 3 is 2.47 bits per heavy atom. The van der Waals surface area contributed by atoms with Gasteiger partial charge < -0.3 is 0 Å². The Hall–Kier alpha value is -1.48. The van der Waals surface area contributed by atoms with Gasteiger partial charge >= 0.3 is 0 Å². The van der Waals surface area contributed by atoms with E-state index in [0.29, 0.717) is 5.15 Å². The second-order valence-electron chi connectivity index (χ2n) is 3.17. The van der Waals surface area contributed by atoms with Gasteiger partial charge in [0.25, 0.3) is 0 Å². The number of rotatable bonds is 1. The summed E-state index contributed by atoms with van der Waals surface area (Å²) in [5, 5.41) is 7.96. The first-order chi connectivity index (χ1) is 7.16. The fourth-order valence-electron chi connectivity index (χ4n) is 1.35. The van der Waals surface area contributed by atoms with Crippen molar-refractivity contribution in [1.29, 1.82) is 0 Å². The zero-order valence-corrected chi connectivity index (χ0v) is 8.79. The molecule has 0 amide bonds. The van der Waals surface area contributed by atoms with E-state index in [4.69, 9.17) is 11.6 Å². The Bertz CT molecular complexity index is 482. The van der Waals surface area contributed by atoms with E-state index in [9.17, 15) is 4.39 Å². The predicted molar refractivity (Wildman–Crippen MR) is 57.2 cm³/mol. The van der Waals surface area contributed by atoms with Crippen LogP contribution in [0, 0.1) is 12.7 Å². The van der Waals surface area contributed by atoms with Crippen LogP contribution in [0.15, 0.2) is 30.3 Å². The van der Waals surface area contributed by atoms with Crippen molar-refractivity contribution in [3.8, 4) is 11.1 Å². The maximum Gasteiger partial charge on any atom is 0.152 e. The molecule has 1 aromatic heterocycles. The standard InChI is InChI=1S/C11H8ClFN2/c1-7-10(6-11(12)15-14-7)8-2-4-9(13)5-3-8/h2-6H,1H3. The average molecular weight is 223 g/mol. The van der Waals surface area contributed by atoms with Crippen molar-refractivity contribution in [2.24, 2.45) is 0 Å². The smallest absolute Gasteiger partial charge is 0.152 e. The molecule has 1 aromatic carbocycles. The molecule has 0 unspecified atom stereocenters. The monoisotopic (exact) mass is 222 g/mol. The highest BCUT2D eigenvalue weighted by Crippen LogP contribution is 2.23. The minimum atomic E-state index is -0.260. The Morgan fingerprint density at radius 1 is 1.13 bits per heavy atom. The summed E-state index contributed by atoms with van der Waals surface area (Å²) in [5.41, 5.74) is 2.52. The normalized spacial score (nSPS) is 10.3. The summed E-state index contributed by atoms with van der Waals surface area (Å²) in [5.74, 6) is -0.260. The van der Waals surface area contributed by atoms with E-state index in [1.54, 1.807) is 18.2 Å². The molecule has 0 fully saturated rings. The fourth-order valence-corrected chi connectivity index (χ4v) is 1.50. The number of aromatic nitrogens is 2. The first-order valence-corrected chi connectivity index (χ1v) is 4.80. The molecule has 0 saturated carbocycles. The minimum absolute atomic E-state index is 0.260. The van der Waals surface area contributed by atoms with Crippen LogP contribution in [0.2, 0.25) is 5.15 Å². The molecule has 4 heteroatoms. The lowest BCUT2D eigenvalue weighted by Crippen LogP contribution is -1.91. The van der Waals surface area contributed by atoms with Gasteiger partial charge in [-0.3, -0.25) is 0 Å². The van der Waals surface area contributed by atoms with Gasteiger partial charge in [-0.2, -0.15) is 5.10 Å². The number of aryl methyl sites for hydroxylation is 1. The summed E-state index contributed by atoms with van der Waals surface area (Å²) < 4.78 is 12.7. The second-order valence-corrected chi connectivity index (χ2v) is 3.56. The SMILES string of the molecule is Cc1nnc(Cl)cc1-c1ccc(F)cc1. The Morgan fingerprint density at radius 2 is 1.80 bits per heavy atom. The lowest BCUT2D eigenvalue weighted by Gasteiger charge is -2.04. The van der Waals surface area contributed by atoms with E-state index in [0.717, 1.165) is 16.8 Å². The van der Waals surface area contributed by atoms with E-state index in [-0.39, 0.29) is 5.82 Å². The van der Waals surface area contributed by atoms with E-state index in [1.807, 2.05) is 6.92 Å². The summed E-state index contributed by atoms with van der Waals surface area (Å²) >= 11 is 5.75. The molecule has 0 aliphatic heterocycles. The van der Waals surface area contributed by atoms with Gasteiger partial charge in [-0.25, -0.2) is 4.39 Å². The van der Waals surface area contributed by atoms with Gasteiger partial charge in [0.2, 0.25) is 0 Å². The van der Waals surface area contributed by atoms with Crippen molar-refractivity contribution in [2.75, 3.05) is 0 Å². The molecule has 0 aliphatic carbocycles. The molecule has 0 aliphatic rings. The molecule has 2 nitrogen and oxygen atoms in total. The molecule has 0 N–H and O–H groups in total. The van der Waals surface area contributed by atoms with E-state index in [1.165, 1.54) is 12.1 Å². The Kier molecular flexibility index (Phi) is 2.64. The van der Waals surface area contributed by atoms with Crippen LogP contribution < -0.4 is 0 Å². The van der Waals surface area contributed by atoms with Crippen molar-refractivity contribution in [3.63, 3.8) is 0 Å². The van der Waals surface area contributed by atoms with Gasteiger partial charge in [0.1, 0.15) is 5.82 Å². The largest absolute Gasteiger partial charge is 0.207 e. The average Bonchev–Trinajstić information content (AvgIpc) is 2.23. The first kappa shape index (κ1) is 10.1. The van der Waals surface area contributed by atoms with Crippen molar-refractivity contribution in [1.82, 2.24) is 10.2 Å². The summed E-state index contributed by atoms with van der Waals surface area (Å²) in [6.45, 7) is 1.84. The third-order valence-corrected chi connectivity index (χ3v) is 2.29. The van der Waals surface area contributed by atoms with Crippen LogP contribution in [-0.2, 0) is 0 Å². The molecule has 0 spiro atoms. The molecule has 1 heterocycles. The van der Waals surface area contributed by atoms with Gasteiger partial charge in [-0.15, -0.1) is 5.10 Å². The molecular formula is C11H8ClFN2. The van der Waals surface area contributed by atoms with Crippen molar-refractivity contribution >= 4 is 11.6 Å². The van der Waals surface area contributed by atoms with Gasteiger partial charge in [0.15, 0.2) is 5.15 Å². The molecule has 0 saturated heterocycles. The van der Waals surface area contributed by atoms with Crippen molar-refractivity contribution < 1.29 is 4.39 Å². The fraction of sp³-hybridized carbons (Fsp3) is 0.0909.